The lowest BCUT2D eigenvalue weighted by Gasteiger charge is -2.15. The van der Waals surface area contributed by atoms with Crippen molar-refractivity contribution in [3.63, 3.8) is 0 Å². The summed E-state index contributed by atoms with van der Waals surface area (Å²) in [5.41, 5.74) is 14.7. The molecule has 0 saturated carbocycles. The molecule has 0 bridgehead atoms. The second-order valence-corrected chi connectivity index (χ2v) is 13.9. The van der Waals surface area contributed by atoms with Gasteiger partial charge in [-0.3, -0.25) is 9.97 Å². The van der Waals surface area contributed by atoms with Crippen LogP contribution in [0.3, 0.4) is 0 Å². The van der Waals surface area contributed by atoms with Crippen molar-refractivity contribution in [2.45, 2.75) is 0 Å². The number of pyridine rings is 3. The van der Waals surface area contributed by atoms with Crippen LogP contribution in [-0.4, -0.2) is 24.6 Å². The van der Waals surface area contributed by atoms with Crippen molar-refractivity contribution in [1.29, 1.82) is 0 Å². The molecular formula is C51H34N4O. The molecule has 0 amide bonds. The molecule has 0 spiro atoms. The molecule has 0 saturated heterocycles. The highest BCUT2D eigenvalue weighted by molar-refractivity contribution is 6.13. The van der Waals surface area contributed by atoms with E-state index in [1.54, 1.807) is 6.07 Å². The first-order chi connectivity index (χ1) is 27.7. The summed E-state index contributed by atoms with van der Waals surface area (Å²) in [4.78, 5) is 14.5. The van der Waals surface area contributed by atoms with Gasteiger partial charge in [0.25, 0.3) is 0 Å². The molecule has 56 heavy (non-hydrogen) atoms. The van der Waals surface area contributed by atoms with Gasteiger partial charge < -0.3 is 9.67 Å². The molecule has 0 atom stereocenters. The Morgan fingerprint density at radius 1 is 0.393 bits per heavy atom. The van der Waals surface area contributed by atoms with Crippen molar-refractivity contribution in [1.82, 2.24) is 19.5 Å². The predicted molar refractivity (Wildman–Crippen MR) is 228 cm³/mol. The lowest BCUT2D eigenvalue weighted by Crippen LogP contribution is -1.96. The number of para-hydroxylation sites is 4. The monoisotopic (exact) mass is 718 g/mol. The van der Waals surface area contributed by atoms with Crippen LogP contribution in [0.1, 0.15) is 0 Å². The van der Waals surface area contributed by atoms with E-state index in [0.29, 0.717) is 11.3 Å². The topological polar surface area (TPSA) is 63.8 Å². The Morgan fingerprint density at radius 2 is 0.982 bits per heavy atom. The van der Waals surface area contributed by atoms with Crippen LogP contribution in [0.25, 0.3) is 94.6 Å². The standard InChI is InChI=1S/C51H34N4O/c56-50-21-10-8-17-45(50)48-33-38(34-12-3-1-4-13-34)32-47(54-48)40-29-37(35-22-25-52-26-23-35)28-39(30-40)46-31-36(24-27-53-46)42-18-11-19-44-43-16-7-9-20-49(43)55(51(42)44)41-14-5-2-6-15-41/h1-33,56H. The SMILES string of the molecule is Oc1ccccc1-c1cc(-c2ccccc2)cc(-c2cc(-c3ccncc3)cc(-c3cc(-c4cccc5c6ccccc6n(-c6ccccc6)c45)ccn3)c2)n1. The minimum Gasteiger partial charge on any atom is -0.507 e. The summed E-state index contributed by atoms with van der Waals surface area (Å²) < 4.78 is 2.37. The van der Waals surface area contributed by atoms with E-state index in [4.69, 9.17) is 9.97 Å². The minimum absolute atomic E-state index is 0.185. The lowest BCUT2D eigenvalue weighted by molar-refractivity contribution is 0.477. The Labute approximate surface area is 324 Å². The third-order valence-electron chi connectivity index (χ3n) is 10.4. The van der Waals surface area contributed by atoms with Crippen molar-refractivity contribution < 1.29 is 5.11 Å². The third-order valence-corrected chi connectivity index (χ3v) is 10.4. The summed E-state index contributed by atoms with van der Waals surface area (Å²) in [6.45, 7) is 0. The summed E-state index contributed by atoms with van der Waals surface area (Å²) in [6.07, 6.45) is 5.54. The quantitative estimate of drug-likeness (QED) is 0.178. The zero-order valence-electron chi connectivity index (χ0n) is 30.3. The van der Waals surface area contributed by atoms with E-state index < -0.39 is 0 Å². The highest BCUT2D eigenvalue weighted by atomic mass is 16.3. The number of phenols is 1. The first-order valence-electron chi connectivity index (χ1n) is 18.6. The fourth-order valence-electron chi connectivity index (χ4n) is 7.79. The molecule has 0 aliphatic rings. The fourth-order valence-corrected chi connectivity index (χ4v) is 7.79. The van der Waals surface area contributed by atoms with Crippen LogP contribution in [0.15, 0.2) is 201 Å². The first kappa shape index (κ1) is 33.0. The summed E-state index contributed by atoms with van der Waals surface area (Å²) in [5.74, 6) is 0.185. The Morgan fingerprint density at radius 3 is 1.80 bits per heavy atom. The number of fused-ring (bicyclic) bond motifs is 3. The van der Waals surface area contributed by atoms with E-state index in [9.17, 15) is 5.11 Å². The zero-order chi connectivity index (χ0) is 37.4. The average Bonchev–Trinajstić information content (AvgIpc) is 3.62. The van der Waals surface area contributed by atoms with Gasteiger partial charge in [-0.15, -0.1) is 0 Å². The number of aromatic nitrogens is 4. The molecule has 0 unspecified atom stereocenters. The molecule has 6 aromatic carbocycles. The van der Waals surface area contributed by atoms with Crippen LogP contribution in [0, 0.1) is 0 Å². The van der Waals surface area contributed by atoms with E-state index in [0.717, 1.165) is 67.1 Å². The Kier molecular flexibility index (Phi) is 8.23. The van der Waals surface area contributed by atoms with Gasteiger partial charge in [-0.2, -0.15) is 0 Å². The normalized spacial score (nSPS) is 11.3. The summed E-state index contributed by atoms with van der Waals surface area (Å²) in [7, 11) is 0. The van der Waals surface area contributed by atoms with E-state index in [1.165, 1.54) is 16.3 Å². The Hall–Kier alpha value is -7.63. The maximum Gasteiger partial charge on any atom is 0.124 e. The van der Waals surface area contributed by atoms with Gasteiger partial charge in [-0.25, -0.2) is 4.98 Å². The van der Waals surface area contributed by atoms with Crippen LogP contribution in [-0.2, 0) is 0 Å². The smallest absolute Gasteiger partial charge is 0.124 e. The second-order valence-electron chi connectivity index (χ2n) is 13.9. The summed E-state index contributed by atoms with van der Waals surface area (Å²) in [5, 5.41) is 13.3. The third kappa shape index (κ3) is 5.98. The van der Waals surface area contributed by atoms with Gasteiger partial charge >= 0.3 is 0 Å². The second kappa shape index (κ2) is 14.0. The highest BCUT2D eigenvalue weighted by Crippen LogP contribution is 2.40. The highest BCUT2D eigenvalue weighted by Gasteiger charge is 2.18. The molecule has 1 N–H and O–H groups in total. The number of phenolic OH excluding ortho intramolecular Hbond substituents is 1. The molecule has 10 rings (SSSR count). The number of rotatable bonds is 7. The maximum atomic E-state index is 10.9. The van der Waals surface area contributed by atoms with E-state index >= 15 is 0 Å². The average molecular weight is 719 g/mol. The largest absolute Gasteiger partial charge is 0.507 e. The van der Waals surface area contributed by atoms with Crippen LogP contribution in [0.5, 0.6) is 5.75 Å². The molecule has 4 aromatic heterocycles. The molecular weight excluding hydrogens is 685 g/mol. The van der Waals surface area contributed by atoms with Crippen LogP contribution >= 0.6 is 0 Å². The Bertz CT molecular complexity index is 3030. The molecule has 0 aliphatic carbocycles. The Balaban J connectivity index is 1.18. The molecule has 10 aromatic rings. The summed E-state index contributed by atoms with van der Waals surface area (Å²) >= 11 is 0. The molecule has 5 heteroatoms. The van der Waals surface area contributed by atoms with Gasteiger partial charge in [-0.1, -0.05) is 97.1 Å². The van der Waals surface area contributed by atoms with Gasteiger partial charge in [0.05, 0.1) is 28.1 Å². The van der Waals surface area contributed by atoms with Crippen LogP contribution < -0.4 is 0 Å². The lowest BCUT2D eigenvalue weighted by atomic mass is 9.94. The van der Waals surface area contributed by atoms with E-state index in [-0.39, 0.29) is 5.75 Å². The van der Waals surface area contributed by atoms with E-state index in [2.05, 4.69) is 131 Å². The zero-order valence-corrected chi connectivity index (χ0v) is 30.3. The van der Waals surface area contributed by atoms with E-state index in [1.807, 2.05) is 73.2 Å². The summed E-state index contributed by atoms with van der Waals surface area (Å²) in [6, 6.07) is 62.4. The van der Waals surface area contributed by atoms with Gasteiger partial charge in [0.2, 0.25) is 0 Å². The van der Waals surface area contributed by atoms with Crippen molar-refractivity contribution >= 4 is 21.8 Å². The van der Waals surface area contributed by atoms with Gasteiger partial charge in [-0.05, 0) is 113 Å². The van der Waals surface area contributed by atoms with Crippen molar-refractivity contribution in [2.24, 2.45) is 0 Å². The first-order valence-corrected chi connectivity index (χ1v) is 18.6. The van der Waals surface area contributed by atoms with Crippen molar-refractivity contribution in [3.05, 3.63) is 201 Å². The maximum absolute atomic E-state index is 10.9. The van der Waals surface area contributed by atoms with Gasteiger partial charge in [0.1, 0.15) is 5.75 Å². The molecule has 0 fully saturated rings. The van der Waals surface area contributed by atoms with Crippen molar-refractivity contribution in [3.8, 4) is 78.6 Å². The number of hydrogen-bond donors (Lipinski definition) is 1. The van der Waals surface area contributed by atoms with Crippen LogP contribution in [0.4, 0.5) is 0 Å². The molecule has 264 valence electrons. The van der Waals surface area contributed by atoms with Crippen molar-refractivity contribution in [2.75, 3.05) is 0 Å². The fraction of sp³-hybridized carbons (Fsp3) is 0. The molecule has 0 aliphatic heterocycles. The molecule has 4 heterocycles. The molecule has 0 radical (unpaired) electrons. The predicted octanol–water partition coefficient (Wildman–Crippen LogP) is 12.7. The number of benzene rings is 6. The minimum atomic E-state index is 0.185. The molecule has 5 nitrogen and oxygen atoms in total. The van der Waals surface area contributed by atoms with Gasteiger partial charge in [0.15, 0.2) is 0 Å². The number of aromatic hydroxyl groups is 1. The van der Waals surface area contributed by atoms with Gasteiger partial charge in [0, 0.05) is 57.3 Å². The van der Waals surface area contributed by atoms with Crippen LogP contribution in [0.2, 0.25) is 0 Å². The number of nitrogens with zero attached hydrogens (tertiary/aromatic N) is 4. The number of hydrogen-bond acceptors (Lipinski definition) is 4.